The fraction of sp³-hybridized carbons (Fsp3) is 1.00. The van der Waals surface area contributed by atoms with E-state index >= 15 is 0 Å². The third-order valence-electron chi connectivity index (χ3n) is 9.11. The smallest absolute Gasteiger partial charge is 0.416 e. The summed E-state index contributed by atoms with van der Waals surface area (Å²) in [6.07, 6.45) is 0. The second kappa shape index (κ2) is 27.1. The molecule has 0 aromatic heterocycles. The zero-order valence-electron chi connectivity index (χ0n) is 33.8. The highest BCUT2D eigenvalue weighted by Gasteiger charge is 2.79. The monoisotopic (exact) mass is 1730 g/mol. The van der Waals surface area contributed by atoms with Crippen LogP contribution in [0.15, 0.2) is 0 Å². The number of halogens is 24. The SMILES string of the molecule is [Si]O[Si]1(CC[Si](Cl)(Cl)Cl)O[Si]2(CC[Si](Cl)(Cl)Cl)O[Si]3(CC[Si](Cl)(Cl)Cl)O[Si](CC[Si](Cl)(Cl)Cl)O[Si]4(CC[Si](Cl)(Cl)Cl)O[Si](CC[Si](Cl)(Cl)Cl)(O1)O[Si](CC[Si](Cl)(Cl)Cl)(O2)O[Si](CC[Si](Cl)(Cl)Cl)(O3)O4. The summed E-state index contributed by atoms with van der Waals surface area (Å²) in [7, 11) is -33.9. The molecule has 4 radical (unpaired) electrons. The van der Waals surface area contributed by atoms with E-state index in [1.165, 1.54) is 0 Å². The molecular weight excluding hydrogens is 1710 g/mol. The van der Waals surface area contributed by atoms with E-state index < -0.39 is 119 Å². The highest BCUT2D eigenvalue weighted by atomic mass is 35.9. The summed E-state index contributed by atoms with van der Waals surface area (Å²) in [4.78, 5) is 0. The van der Waals surface area contributed by atoms with Crippen LogP contribution in [-0.4, -0.2) is 129 Å². The van der Waals surface area contributed by atoms with Crippen molar-refractivity contribution in [3.63, 3.8) is 0 Å². The van der Waals surface area contributed by atoms with Gasteiger partial charge in [-0.15, -0.1) is 266 Å². The average molecular weight is 1740 g/mol. The second-order valence-corrected chi connectivity index (χ2v) is 114. The molecule has 4 atom stereocenters. The van der Waals surface area contributed by atoms with E-state index in [2.05, 4.69) is 10.5 Å². The maximum absolute atomic E-state index is 7.42. The highest BCUT2D eigenvalue weighted by Crippen LogP contribution is 2.55. The maximum Gasteiger partial charge on any atom is 0.478 e. The van der Waals surface area contributed by atoms with Crippen molar-refractivity contribution in [2.75, 3.05) is 0 Å². The fourth-order valence-corrected chi connectivity index (χ4v) is 86.4. The Morgan fingerprint density at radius 2 is 0.493 bits per heavy atom. The van der Waals surface area contributed by atoms with E-state index in [0.717, 1.165) is 0 Å². The van der Waals surface area contributed by atoms with Gasteiger partial charge in [0.05, 0.1) is 0 Å². The van der Waals surface area contributed by atoms with Crippen molar-refractivity contribution < 1.29 is 49.4 Å². The van der Waals surface area contributed by atoms with Crippen LogP contribution in [-0.2, 0) is 49.4 Å². The van der Waals surface area contributed by atoms with Crippen molar-refractivity contribution in [2.45, 2.75) is 96.7 Å². The van der Waals surface area contributed by atoms with Gasteiger partial charge in [-0.05, 0) is 54.4 Å². The second-order valence-electron chi connectivity index (χ2n) is 15.3. The quantitative estimate of drug-likeness (QED) is 0.0641. The van der Waals surface area contributed by atoms with Crippen molar-refractivity contribution in [1.82, 2.24) is 0 Å². The van der Waals surface area contributed by atoms with Gasteiger partial charge in [0.2, 0.25) is 10.5 Å². The Morgan fingerprint density at radius 1 is 0.290 bits per heavy atom. The molecule has 69 heavy (non-hydrogen) atoms. The predicted molar refractivity (Wildman–Crippen MR) is 328 cm³/mol. The summed E-state index contributed by atoms with van der Waals surface area (Å²) in [5.74, 6) is 0. The van der Waals surface area contributed by atoms with E-state index in [0.29, 0.717) is 0 Å². The first-order valence-corrected chi connectivity index (χ1v) is 76.5. The Kier molecular flexibility index (Phi) is 28.1. The lowest BCUT2D eigenvalue weighted by Crippen LogP contribution is -2.84. The van der Waals surface area contributed by atoms with Crippen molar-refractivity contribution in [3.8, 4) is 0 Å². The molecule has 6 bridgehead atoms. The molecule has 0 N–H and O–H groups in total. The van der Waals surface area contributed by atoms with Crippen LogP contribution in [0.3, 0.4) is 0 Å². The molecule has 0 aromatic carbocycles. The molecule has 0 aliphatic carbocycles. The molecule has 0 amide bonds. The minimum absolute atomic E-state index is 0.0504. The van der Waals surface area contributed by atoms with Crippen LogP contribution in [0.2, 0.25) is 96.7 Å². The van der Waals surface area contributed by atoms with Crippen molar-refractivity contribution in [2.24, 2.45) is 0 Å². The van der Waals surface area contributed by atoms with Gasteiger partial charge in [-0.1, -0.05) is 0 Å². The Morgan fingerprint density at radius 3 is 0.725 bits per heavy atom. The van der Waals surface area contributed by atoms with E-state index in [4.69, 9.17) is 315 Å². The first kappa shape index (κ1) is 71.6. The first-order chi connectivity index (χ1) is 30.7. The van der Waals surface area contributed by atoms with Crippen LogP contribution < -0.4 is 0 Å². The normalized spacial score (nSPS) is 33.7. The summed E-state index contributed by atoms with van der Waals surface area (Å²) < 4.78 is 87.0. The molecule has 4 fully saturated rings. The molecule has 4 aliphatic rings. The molecule has 404 valence electrons. The van der Waals surface area contributed by atoms with Gasteiger partial charge < -0.3 is 49.4 Å². The molecule has 4 rings (SSSR count). The molecule has 4 saturated heterocycles. The molecule has 0 spiro atoms. The Bertz CT molecular complexity index is 1650. The van der Waals surface area contributed by atoms with Crippen LogP contribution in [0.5, 0.6) is 0 Å². The van der Waals surface area contributed by atoms with Crippen molar-refractivity contribution in [1.29, 1.82) is 0 Å². The third kappa shape index (κ3) is 26.0. The zero-order valence-corrected chi connectivity index (χ0v) is 68.9. The minimum Gasteiger partial charge on any atom is -0.416 e. The predicted octanol–water partition coefficient (Wildman–Crippen LogP) is 16.6. The molecular formula is C16H32Cl24O12Si17. The maximum atomic E-state index is 7.42. The Balaban J connectivity index is 2.33. The number of fused-ring (bicyclic) bond motifs is 4. The van der Waals surface area contributed by atoms with E-state index in [1.807, 2.05) is 0 Å². The Hall–Kier alpha value is 10.2. The van der Waals surface area contributed by atoms with Gasteiger partial charge in [-0.2, -0.15) is 0 Å². The topological polar surface area (TPSA) is 111 Å². The van der Waals surface area contributed by atoms with E-state index in [9.17, 15) is 0 Å². The summed E-state index contributed by atoms with van der Waals surface area (Å²) in [6.45, 7) is 0. The Labute approximate surface area is 533 Å². The number of hydrogen-bond acceptors (Lipinski definition) is 12. The zero-order chi connectivity index (χ0) is 52.9. The summed E-state index contributed by atoms with van der Waals surface area (Å²) in [5.41, 5.74) is 0. The van der Waals surface area contributed by atoms with Crippen LogP contribution >= 0.6 is 266 Å². The van der Waals surface area contributed by atoms with Crippen LogP contribution in [0.25, 0.3) is 0 Å². The largest absolute Gasteiger partial charge is 0.478 e. The van der Waals surface area contributed by atoms with Crippen molar-refractivity contribution >= 4 is 395 Å². The highest BCUT2D eigenvalue weighted by molar-refractivity contribution is 7.68. The molecule has 4 unspecified atom stereocenters. The summed E-state index contributed by atoms with van der Waals surface area (Å²) >= 11 is 159. The minimum atomic E-state index is -4.97. The number of rotatable bonds is 25. The van der Waals surface area contributed by atoms with Gasteiger partial charge in [-0.3, -0.25) is 0 Å². The fourth-order valence-electron chi connectivity index (χ4n) is 6.42. The van der Waals surface area contributed by atoms with Gasteiger partial charge in [0, 0.05) is 42.3 Å². The molecule has 0 saturated carbocycles. The van der Waals surface area contributed by atoms with Gasteiger partial charge in [-0.25, -0.2) is 0 Å². The lowest BCUT2D eigenvalue weighted by molar-refractivity contribution is 0.00424. The lowest BCUT2D eigenvalue weighted by atomic mass is 11.0. The van der Waals surface area contributed by atoms with Crippen molar-refractivity contribution in [3.05, 3.63) is 0 Å². The van der Waals surface area contributed by atoms with Crippen LogP contribution in [0.1, 0.15) is 0 Å². The molecule has 12 nitrogen and oxygen atoms in total. The summed E-state index contributed by atoms with van der Waals surface area (Å²) in [5, 5.41) is 0. The van der Waals surface area contributed by atoms with Gasteiger partial charge >= 0.3 is 119 Å². The van der Waals surface area contributed by atoms with E-state index in [-0.39, 0.29) is 96.7 Å². The summed E-state index contributed by atoms with van der Waals surface area (Å²) in [6, 6.07) is -33.0. The van der Waals surface area contributed by atoms with Gasteiger partial charge in [0.25, 0.3) is 0 Å². The molecule has 4 heterocycles. The number of hydrogen-bond donors (Lipinski definition) is 0. The standard InChI is InChI=1S/C16H32Cl24O12Si17/c17-55(18,19)2-1-54-42-64(11-4-57(23,24)25)46-66(13-6-59(29,30)31)44-63(41-53,10-3-56(20,21)22)45-67(14-7-60(32,33)34)47-65(43-54,12-5-58(26,27)28)49-68(48-64,15-8-61(35,36)37)52-69(50-66,51-67)16-9-62(38,39)40/h1-16H2. The molecule has 0 aromatic rings. The van der Waals surface area contributed by atoms with Crippen LogP contribution in [0.4, 0.5) is 0 Å². The molecule has 4 aliphatic heterocycles. The molecule has 53 heteroatoms. The third-order valence-corrected chi connectivity index (χ3v) is 67.9. The van der Waals surface area contributed by atoms with Crippen LogP contribution in [0, 0.1) is 0 Å². The average Bonchev–Trinajstić information content (AvgIpc) is 3.10. The van der Waals surface area contributed by atoms with Gasteiger partial charge in [0.15, 0.2) is 0 Å². The van der Waals surface area contributed by atoms with Gasteiger partial charge in [0.1, 0.15) is 0 Å². The van der Waals surface area contributed by atoms with E-state index in [1.54, 1.807) is 0 Å². The lowest BCUT2D eigenvalue weighted by Gasteiger charge is -2.60. The first-order valence-electron chi connectivity index (χ1n) is 19.1.